The SMILES string of the molecule is CCCNC(Cc1cc(Cl)ccc1Cl)c1ccn(C)n1. The predicted molar refractivity (Wildman–Crippen MR) is 84.4 cm³/mol. The molecular formula is C15H19Cl2N3. The van der Waals surface area contributed by atoms with Crippen molar-refractivity contribution in [2.24, 2.45) is 7.05 Å². The van der Waals surface area contributed by atoms with E-state index in [0.717, 1.165) is 35.7 Å². The Labute approximate surface area is 129 Å². The van der Waals surface area contributed by atoms with Crippen LogP contribution in [0.25, 0.3) is 0 Å². The van der Waals surface area contributed by atoms with Crippen LogP contribution in [-0.4, -0.2) is 16.3 Å². The van der Waals surface area contributed by atoms with Crippen LogP contribution < -0.4 is 5.32 Å². The van der Waals surface area contributed by atoms with Gasteiger partial charge in [-0.05, 0) is 49.2 Å². The lowest BCUT2D eigenvalue weighted by atomic mass is 10.0. The molecule has 0 bridgehead atoms. The minimum atomic E-state index is 0.145. The molecule has 108 valence electrons. The molecule has 0 amide bonds. The summed E-state index contributed by atoms with van der Waals surface area (Å²) in [5.74, 6) is 0. The Bertz CT molecular complexity index is 566. The van der Waals surface area contributed by atoms with Crippen LogP contribution in [0.5, 0.6) is 0 Å². The summed E-state index contributed by atoms with van der Waals surface area (Å²) in [5, 5.41) is 9.46. The number of hydrogen-bond donors (Lipinski definition) is 1. The van der Waals surface area contributed by atoms with Crippen LogP contribution in [0.1, 0.15) is 30.6 Å². The van der Waals surface area contributed by atoms with Gasteiger partial charge in [0.15, 0.2) is 0 Å². The highest BCUT2D eigenvalue weighted by molar-refractivity contribution is 6.33. The molecule has 1 aromatic carbocycles. The number of rotatable bonds is 6. The average molecular weight is 312 g/mol. The van der Waals surface area contributed by atoms with E-state index < -0.39 is 0 Å². The molecule has 1 N–H and O–H groups in total. The largest absolute Gasteiger partial charge is 0.308 e. The second-order valence-corrected chi connectivity index (χ2v) is 5.70. The fraction of sp³-hybridized carbons (Fsp3) is 0.400. The van der Waals surface area contributed by atoms with Crippen molar-refractivity contribution in [1.29, 1.82) is 0 Å². The molecule has 2 rings (SSSR count). The summed E-state index contributed by atoms with van der Waals surface area (Å²) in [6.07, 6.45) is 3.80. The zero-order valence-corrected chi connectivity index (χ0v) is 13.2. The number of benzene rings is 1. The zero-order valence-electron chi connectivity index (χ0n) is 11.7. The topological polar surface area (TPSA) is 29.9 Å². The Morgan fingerprint density at radius 2 is 2.10 bits per heavy atom. The molecule has 1 aromatic heterocycles. The first-order chi connectivity index (χ1) is 9.60. The van der Waals surface area contributed by atoms with E-state index in [-0.39, 0.29) is 6.04 Å². The third-order valence-electron chi connectivity index (χ3n) is 3.16. The predicted octanol–water partition coefficient (Wildman–Crippen LogP) is 4.01. The van der Waals surface area contributed by atoms with Gasteiger partial charge in [0, 0.05) is 23.3 Å². The van der Waals surface area contributed by atoms with Crippen LogP contribution in [0.4, 0.5) is 0 Å². The molecule has 1 unspecified atom stereocenters. The van der Waals surface area contributed by atoms with Crippen molar-refractivity contribution in [3.8, 4) is 0 Å². The number of nitrogens with zero attached hydrogens (tertiary/aromatic N) is 2. The lowest BCUT2D eigenvalue weighted by molar-refractivity contribution is 0.511. The molecule has 0 aliphatic heterocycles. The summed E-state index contributed by atoms with van der Waals surface area (Å²) >= 11 is 12.3. The van der Waals surface area contributed by atoms with Crippen molar-refractivity contribution in [3.05, 3.63) is 51.8 Å². The van der Waals surface area contributed by atoms with E-state index >= 15 is 0 Å². The Hall–Kier alpha value is -1.03. The molecule has 1 heterocycles. The van der Waals surface area contributed by atoms with Gasteiger partial charge in [-0.25, -0.2) is 0 Å². The zero-order chi connectivity index (χ0) is 14.5. The lowest BCUT2D eigenvalue weighted by Crippen LogP contribution is -2.24. The molecule has 0 aliphatic rings. The number of hydrogen-bond acceptors (Lipinski definition) is 2. The normalized spacial score (nSPS) is 12.6. The Kier molecular flexibility index (Phi) is 5.46. The van der Waals surface area contributed by atoms with E-state index in [1.165, 1.54) is 0 Å². The number of halogens is 2. The van der Waals surface area contributed by atoms with E-state index in [1.54, 1.807) is 0 Å². The van der Waals surface area contributed by atoms with Gasteiger partial charge >= 0.3 is 0 Å². The molecule has 0 aliphatic carbocycles. The molecule has 0 radical (unpaired) electrons. The molecule has 0 fully saturated rings. The molecule has 3 nitrogen and oxygen atoms in total. The maximum atomic E-state index is 6.25. The van der Waals surface area contributed by atoms with Crippen LogP contribution in [0, 0.1) is 0 Å². The molecule has 5 heteroatoms. The summed E-state index contributed by atoms with van der Waals surface area (Å²) in [7, 11) is 1.92. The third kappa shape index (κ3) is 3.98. The quantitative estimate of drug-likeness (QED) is 0.873. The molecule has 0 spiro atoms. The fourth-order valence-electron chi connectivity index (χ4n) is 2.14. The molecule has 1 atom stereocenters. The number of aromatic nitrogens is 2. The first kappa shape index (κ1) is 15.4. The van der Waals surface area contributed by atoms with Crippen LogP contribution in [-0.2, 0) is 13.5 Å². The first-order valence-corrected chi connectivity index (χ1v) is 7.52. The second kappa shape index (κ2) is 7.11. The van der Waals surface area contributed by atoms with Gasteiger partial charge in [-0.2, -0.15) is 5.10 Å². The van der Waals surface area contributed by atoms with Gasteiger partial charge in [0.05, 0.1) is 11.7 Å². The lowest BCUT2D eigenvalue weighted by Gasteiger charge is -2.17. The van der Waals surface area contributed by atoms with Gasteiger partial charge in [0.25, 0.3) is 0 Å². The Morgan fingerprint density at radius 3 is 2.75 bits per heavy atom. The highest BCUT2D eigenvalue weighted by Gasteiger charge is 2.16. The van der Waals surface area contributed by atoms with Gasteiger partial charge in [-0.15, -0.1) is 0 Å². The van der Waals surface area contributed by atoms with Crippen molar-refractivity contribution < 1.29 is 0 Å². The van der Waals surface area contributed by atoms with Gasteiger partial charge in [-0.1, -0.05) is 30.1 Å². The summed E-state index contributed by atoms with van der Waals surface area (Å²) in [4.78, 5) is 0. The van der Waals surface area contributed by atoms with E-state index in [9.17, 15) is 0 Å². The van der Waals surface area contributed by atoms with Crippen LogP contribution in [0.3, 0.4) is 0 Å². The maximum absolute atomic E-state index is 6.25. The molecule has 2 aromatic rings. The van der Waals surface area contributed by atoms with Crippen LogP contribution in [0.15, 0.2) is 30.5 Å². The van der Waals surface area contributed by atoms with Gasteiger partial charge in [0.2, 0.25) is 0 Å². The third-order valence-corrected chi connectivity index (χ3v) is 3.77. The maximum Gasteiger partial charge on any atom is 0.0797 e. The average Bonchev–Trinajstić information content (AvgIpc) is 2.85. The second-order valence-electron chi connectivity index (χ2n) is 4.86. The first-order valence-electron chi connectivity index (χ1n) is 6.77. The van der Waals surface area contributed by atoms with E-state index in [1.807, 2.05) is 42.2 Å². The molecule has 0 saturated heterocycles. The minimum Gasteiger partial charge on any atom is -0.308 e. The van der Waals surface area contributed by atoms with Crippen LogP contribution in [0.2, 0.25) is 10.0 Å². The number of nitrogens with one attached hydrogen (secondary N) is 1. The highest BCUT2D eigenvalue weighted by Crippen LogP contribution is 2.25. The van der Waals surface area contributed by atoms with E-state index in [2.05, 4.69) is 17.3 Å². The van der Waals surface area contributed by atoms with E-state index in [0.29, 0.717) is 5.02 Å². The monoisotopic (exact) mass is 311 g/mol. The smallest absolute Gasteiger partial charge is 0.0797 e. The van der Waals surface area contributed by atoms with Crippen molar-refractivity contribution in [2.75, 3.05) is 6.54 Å². The number of aryl methyl sites for hydroxylation is 1. The van der Waals surface area contributed by atoms with Gasteiger partial charge in [-0.3, -0.25) is 4.68 Å². The van der Waals surface area contributed by atoms with Crippen molar-refractivity contribution in [3.63, 3.8) is 0 Å². The van der Waals surface area contributed by atoms with Crippen molar-refractivity contribution in [1.82, 2.24) is 15.1 Å². The summed E-state index contributed by atoms with van der Waals surface area (Å²) in [5.41, 5.74) is 2.07. The highest BCUT2D eigenvalue weighted by atomic mass is 35.5. The minimum absolute atomic E-state index is 0.145. The van der Waals surface area contributed by atoms with Crippen molar-refractivity contribution in [2.45, 2.75) is 25.8 Å². The molecule has 20 heavy (non-hydrogen) atoms. The summed E-state index contributed by atoms with van der Waals surface area (Å²) in [6.45, 7) is 3.09. The van der Waals surface area contributed by atoms with Crippen molar-refractivity contribution >= 4 is 23.2 Å². The standard InChI is InChI=1S/C15H19Cl2N3/c1-3-7-18-15(14-6-8-20(2)19-14)10-11-9-12(16)4-5-13(11)17/h4-6,8-9,15,18H,3,7,10H2,1-2H3. The molecular weight excluding hydrogens is 293 g/mol. The van der Waals surface area contributed by atoms with Crippen LogP contribution >= 0.6 is 23.2 Å². The Morgan fingerprint density at radius 1 is 1.30 bits per heavy atom. The van der Waals surface area contributed by atoms with E-state index in [4.69, 9.17) is 23.2 Å². The Balaban J connectivity index is 2.21. The summed E-state index contributed by atoms with van der Waals surface area (Å²) in [6, 6.07) is 7.75. The fourth-order valence-corrected chi connectivity index (χ4v) is 2.53. The van der Waals surface area contributed by atoms with Gasteiger partial charge in [0.1, 0.15) is 0 Å². The summed E-state index contributed by atoms with van der Waals surface area (Å²) < 4.78 is 1.82. The molecule has 0 saturated carbocycles. The van der Waals surface area contributed by atoms with Gasteiger partial charge < -0.3 is 5.32 Å².